The van der Waals surface area contributed by atoms with Crippen LogP contribution in [0.3, 0.4) is 0 Å². The van der Waals surface area contributed by atoms with Gasteiger partial charge in [-0.15, -0.1) is 0 Å². The molecule has 1 saturated carbocycles. The molecular weight excluding hydrogens is 254 g/mol. The van der Waals surface area contributed by atoms with Crippen LogP contribution in [0.15, 0.2) is 0 Å². The molecule has 2 N–H and O–H groups in total. The lowest BCUT2D eigenvalue weighted by atomic mass is 9.85. The zero-order chi connectivity index (χ0) is 14.7. The van der Waals surface area contributed by atoms with Crippen LogP contribution in [0.25, 0.3) is 0 Å². The molecule has 0 radical (unpaired) electrons. The molecule has 5 nitrogen and oxygen atoms in total. The number of nitrogen functional groups attached to an aromatic ring is 1. The van der Waals surface area contributed by atoms with Crippen molar-refractivity contribution in [3.05, 3.63) is 11.4 Å². The number of esters is 1. The predicted molar refractivity (Wildman–Crippen MR) is 78.2 cm³/mol. The van der Waals surface area contributed by atoms with Crippen molar-refractivity contribution in [2.45, 2.75) is 65.5 Å². The summed E-state index contributed by atoms with van der Waals surface area (Å²) in [4.78, 5) is 12.0. The van der Waals surface area contributed by atoms with E-state index in [9.17, 15) is 4.79 Å². The van der Waals surface area contributed by atoms with Crippen molar-refractivity contribution in [2.24, 2.45) is 5.92 Å². The number of aryl methyl sites for hydroxylation is 1. The molecule has 112 valence electrons. The van der Waals surface area contributed by atoms with Crippen LogP contribution in [0.1, 0.15) is 50.4 Å². The summed E-state index contributed by atoms with van der Waals surface area (Å²) in [6, 6.07) is 0. The maximum Gasteiger partial charge on any atom is 0.328 e. The summed E-state index contributed by atoms with van der Waals surface area (Å²) in [5, 5.41) is 4.26. The average Bonchev–Trinajstić information content (AvgIpc) is 2.66. The van der Waals surface area contributed by atoms with Crippen LogP contribution in [0.5, 0.6) is 0 Å². The zero-order valence-electron chi connectivity index (χ0n) is 12.7. The Bertz CT molecular complexity index is 482. The number of anilines is 1. The normalized spacial score (nSPS) is 22.8. The van der Waals surface area contributed by atoms with Crippen LogP contribution >= 0.6 is 0 Å². The molecule has 1 aromatic heterocycles. The van der Waals surface area contributed by atoms with E-state index in [2.05, 4.69) is 12.0 Å². The summed E-state index contributed by atoms with van der Waals surface area (Å²) in [7, 11) is 0. The van der Waals surface area contributed by atoms with Gasteiger partial charge in [0.2, 0.25) is 0 Å². The molecule has 1 aliphatic rings. The van der Waals surface area contributed by atoms with E-state index in [-0.39, 0.29) is 18.6 Å². The number of hydrogen-bond acceptors (Lipinski definition) is 4. The van der Waals surface area contributed by atoms with Gasteiger partial charge in [-0.2, -0.15) is 5.10 Å². The maximum atomic E-state index is 12.0. The fourth-order valence-electron chi connectivity index (χ4n) is 2.93. The Balaban J connectivity index is 1.90. The van der Waals surface area contributed by atoms with Gasteiger partial charge in [0.1, 0.15) is 12.6 Å². The van der Waals surface area contributed by atoms with E-state index in [0.717, 1.165) is 30.7 Å². The average molecular weight is 279 g/mol. The molecule has 1 heterocycles. The van der Waals surface area contributed by atoms with Gasteiger partial charge in [-0.3, -0.25) is 9.48 Å². The first-order chi connectivity index (χ1) is 9.51. The Kier molecular flexibility index (Phi) is 4.68. The molecule has 0 aliphatic heterocycles. The van der Waals surface area contributed by atoms with E-state index in [0.29, 0.717) is 11.6 Å². The highest BCUT2D eigenvalue weighted by Crippen LogP contribution is 2.28. The Labute approximate surface area is 120 Å². The quantitative estimate of drug-likeness (QED) is 0.860. The molecule has 0 aromatic carbocycles. The van der Waals surface area contributed by atoms with E-state index >= 15 is 0 Å². The van der Waals surface area contributed by atoms with Crippen molar-refractivity contribution in [2.75, 3.05) is 5.73 Å². The van der Waals surface area contributed by atoms with Crippen LogP contribution in [-0.2, 0) is 16.1 Å². The van der Waals surface area contributed by atoms with Gasteiger partial charge in [0.25, 0.3) is 0 Å². The van der Waals surface area contributed by atoms with E-state index in [4.69, 9.17) is 10.5 Å². The Morgan fingerprint density at radius 2 is 2.20 bits per heavy atom. The van der Waals surface area contributed by atoms with Crippen molar-refractivity contribution in [3.8, 4) is 0 Å². The molecule has 2 rings (SSSR count). The van der Waals surface area contributed by atoms with Gasteiger partial charge in [0.15, 0.2) is 0 Å². The fourth-order valence-corrected chi connectivity index (χ4v) is 2.93. The van der Waals surface area contributed by atoms with Gasteiger partial charge in [-0.1, -0.05) is 19.8 Å². The minimum absolute atomic E-state index is 0.0792. The number of rotatable bonds is 4. The second-order valence-electron chi connectivity index (χ2n) is 5.79. The van der Waals surface area contributed by atoms with Gasteiger partial charge >= 0.3 is 5.97 Å². The standard InChI is InChI=1S/C15H25N3O2/c1-4-12-6-5-7-13(8-12)20-14(19)9-18-11(3)15(16)10(2)17-18/h12-13H,4-9,16H2,1-3H3. The molecule has 5 heteroatoms. The summed E-state index contributed by atoms with van der Waals surface area (Å²) < 4.78 is 7.22. The first kappa shape index (κ1) is 14.9. The number of nitrogens with zero attached hydrogens (tertiary/aromatic N) is 2. The van der Waals surface area contributed by atoms with E-state index in [1.54, 1.807) is 4.68 Å². The molecule has 2 unspecified atom stereocenters. The second-order valence-corrected chi connectivity index (χ2v) is 5.79. The van der Waals surface area contributed by atoms with Gasteiger partial charge in [0.05, 0.1) is 17.1 Å². The zero-order valence-corrected chi connectivity index (χ0v) is 12.7. The summed E-state index contributed by atoms with van der Waals surface area (Å²) in [6.45, 7) is 6.07. The van der Waals surface area contributed by atoms with Crippen LogP contribution in [0, 0.1) is 19.8 Å². The summed E-state index contributed by atoms with van der Waals surface area (Å²) in [5.74, 6) is 0.489. The molecule has 1 fully saturated rings. The number of carbonyl (C=O) groups is 1. The van der Waals surface area contributed by atoms with Crippen molar-refractivity contribution in [1.82, 2.24) is 9.78 Å². The van der Waals surface area contributed by atoms with E-state index < -0.39 is 0 Å². The lowest BCUT2D eigenvalue weighted by molar-refractivity contribution is -0.152. The fraction of sp³-hybridized carbons (Fsp3) is 0.733. The van der Waals surface area contributed by atoms with E-state index in [1.165, 1.54) is 12.8 Å². The number of hydrogen-bond donors (Lipinski definition) is 1. The number of carbonyl (C=O) groups excluding carboxylic acids is 1. The molecule has 0 spiro atoms. The molecule has 1 aromatic rings. The SMILES string of the molecule is CCC1CCCC(OC(=O)Cn2nc(C)c(N)c2C)C1. The lowest BCUT2D eigenvalue weighted by Crippen LogP contribution is -2.27. The van der Waals surface area contributed by atoms with Crippen LogP contribution < -0.4 is 5.73 Å². The molecule has 0 amide bonds. The van der Waals surface area contributed by atoms with Crippen LogP contribution in [0.4, 0.5) is 5.69 Å². The number of aromatic nitrogens is 2. The highest BCUT2D eigenvalue weighted by atomic mass is 16.5. The van der Waals surface area contributed by atoms with Crippen LogP contribution in [0.2, 0.25) is 0 Å². The van der Waals surface area contributed by atoms with E-state index in [1.807, 2.05) is 13.8 Å². The summed E-state index contributed by atoms with van der Waals surface area (Å²) in [6.07, 6.45) is 5.66. The topological polar surface area (TPSA) is 70.1 Å². The van der Waals surface area contributed by atoms with Gasteiger partial charge in [-0.05, 0) is 39.0 Å². The lowest BCUT2D eigenvalue weighted by Gasteiger charge is -2.28. The van der Waals surface area contributed by atoms with Crippen molar-refractivity contribution < 1.29 is 9.53 Å². The highest BCUT2D eigenvalue weighted by Gasteiger charge is 2.24. The largest absolute Gasteiger partial charge is 0.461 e. The molecule has 0 bridgehead atoms. The molecule has 0 saturated heterocycles. The third-order valence-corrected chi connectivity index (χ3v) is 4.33. The molecular formula is C15H25N3O2. The highest BCUT2D eigenvalue weighted by molar-refractivity contribution is 5.69. The van der Waals surface area contributed by atoms with Gasteiger partial charge in [-0.25, -0.2) is 0 Å². The van der Waals surface area contributed by atoms with Gasteiger partial charge in [0, 0.05) is 0 Å². The van der Waals surface area contributed by atoms with Crippen molar-refractivity contribution in [3.63, 3.8) is 0 Å². The summed E-state index contributed by atoms with van der Waals surface area (Å²) >= 11 is 0. The third kappa shape index (κ3) is 3.32. The predicted octanol–water partition coefficient (Wildman–Crippen LogP) is 2.59. The van der Waals surface area contributed by atoms with Crippen LogP contribution in [-0.4, -0.2) is 21.9 Å². The Morgan fingerprint density at radius 3 is 2.80 bits per heavy atom. The minimum atomic E-state index is -0.211. The smallest absolute Gasteiger partial charge is 0.328 e. The summed E-state index contributed by atoms with van der Waals surface area (Å²) in [5.41, 5.74) is 8.11. The molecule has 2 atom stereocenters. The Hall–Kier alpha value is -1.52. The minimum Gasteiger partial charge on any atom is -0.461 e. The van der Waals surface area contributed by atoms with Gasteiger partial charge < -0.3 is 10.5 Å². The Morgan fingerprint density at radius 1 is 1.45 bits per heavy atom. The molecule has 20 heavy (non-hydrogen) atoms. The van der Waals surface area contributed by atoms with Crippen molar-refractivity contribution >= 4 is 11.7 Å². The first-order valence-corrected chi connectivity index (χ1v) is 7.50. The van der Waals surface area contributed by atoms with Crippen molar-refractivity contribution in [1.29, 1.82) is 0 Å². The maximum absolute atomic E-state index is 12.0. The first-order valence-electron chi connectivity index (χ1n) is 7.50. The molecule has 1 aliphatic carbocycles. The monoisotopic (exact) mass is 279 g/mol. The number of nitrogens with two attached hydrogens (primary N) is 1. The number of ether oxygens (including phenoxy) is 1. The third-order valence-electron chi connectivity index (χ3n) is 4.33. The second kappa shape index (κ2) is 6.29.